The molecule has 0 saturated carbocycles. The number of carbonyl (C=O) groups is 2. The minimum absolute atomic E-state index is 0.0258. The van der Waals surface area contributed by atoms with E-state index in [0.29, 0.717) is 18.8 Å². The minimum Gasteiger partial charge on any atom is -0.406 e. The molecule has 156 valence electrons. The van der Waals surface area contributed by atoms with Gasteiger partial charge in [-0.25, -0.2) is 0 Å². The molecule has 2 rings (SSSR count). The summed E-state index contributed by atoms with van der Waals surface area (Å²) in [6.45, 7) is 6.79. The fourth-order valence-corrected chi connectivity index (χ4v) is 3.05. The Morgan fingerprint density at radius 3 is 2.18 bits per heavy atom. The fourth-order valence-electron chi connectivity index (χ4n) is 3.05. The van der Waals surface area contributed by atoms with E-state index in [1.165, 1.54) is 12.1 Å². The Morgan fingerprint density at radius 2 is 1.68 bits per heavy atom. The summed E-state index contributed by atoms with van der Waals surface area (Å²) in [6, 6.07) is 4.62. The summed E-state index contributed by atoms with van der Waals surface area (Å²) in [7, 11) is 0. The predicted molar refractivity (Wildman–Crippen MR) is 98.8 cm³/mol. The van der Waals surface area contributed by atoms with Crippen LogP contribution in [0.1, 0.15) is 33.6 Å². The molecule has 1 atom stereocenters. The van der Waals surface area contributed by atoms with Crippen LogP contribution in [0, 0.1) is 5.92 Å². The zero-order valence-electron chi connectivity index (χ0n) is 16.2. The first-order chi connectivity index (χ1) is 13.0. The maximum atomic E-state index is 12.3. The van der Waals surface area contributed by atoms with Crippen LogP contribution < -0.4 is 15.4 Å². The van der Waals surface area contributed by atoms with Crippen LogP contribution in [0.3, 0.4) is 0 Å². The lowest BCUT2D eigenvalue weighted by molar-refractivity contribution is -0.274. The third-order valence-corrected chi connectivity index (χ3v) is 4.53. The van der Waals surface area contributed by atoms with E-state index in [1.54, 1.807) is 6.92 Å². The maximum absolute atomic E-state index is 12.3. The fraction of sp³-hybridized carbons (Fsp3) is 0.579. The number of likely N-dealkylation sites (tertiary alicyclic amines) is 1. The number of hydrogen-bond donors (Lipinski definition) is 2. The highest BCUT2D eigenvalue weighted by Gasteiger charge is 2.31. The molecule has 2 N–H and O–H groups in total. The second-order valence-corrected chi connectivity index (χ2v) is 7.20. The number of halogens is 3. The number of piperidine rings is 1. The number of nitrogens with zero attached hydrogens (tertiary/aromatic N) is 1. The van der Waals surface area contributed by atoms with Gasteiger partial charge >= 0.3 is 6.36 Å². The van der Waals surface area contributed by atoms with Crippen molar-refractivity contribution in [1.82, 2.24) is 10.2 Å². The Bertz CT molecular complexity index is 669. The molecule has 9 heteroatoms. The highest BCUT2D eigenvalue weighted by atomic mass is 19.4. The number of anilines is 1. The molecular weight excluding hydrogens is 375 g/mol. The van der Waals surface area contributed by atoms with E-state index < -0.39 is 12.4 Å². The van der Waals surface area contributed by atoms with Crippen molar-refractivity contribution in [3.8, 4) is 5.75 Å². The van der Waals surface area contributed by atoms with E-state index in [1.807, 2.05) is 18.7 Å². The molecule has 1 unspecified atom stereocenters. The highest BCUT2D eigenvalue weighted by molar-refractivity contribution is 5.94. The van der Waals surface area contributed by atoms with Crippen molar-refractivity contribution in [2.75, 3.05) is 18.4 Å². The van der Waals surface area contributed by atoms with Crippen molar-refractivity contribution < 1.29 is 27.5 Å². The molecule has 28 heavy (non-hydrogen) atoms. The third-order valence-electron chi connectivity index (χ3n) is 4.53. The van der Waals surface area contributed by atoms with E-state index >= 15 is 0 Å². The second kappa shape index (κ2) is 9.27. The molecule has 0 aromatic heterocycles. The predicted octanol–water partition coefficient (Wildman–Crippen LogP) is 3.15. The highest BCUT2D eigenvalue weighted by Crippen LogP contribution is 2.24. The largest absolute Gasteiger partial charge is 0.573 e. The van der Waals surface area contributed by atoms with Gasteiger partial charge in [-0.15, -0.1) is 13.2 Å². The lowest BCUT2D eigenvalue weighted by Crippen LogP contribution is -2.50. The van der Waals surface area contributed by atoms with Crippen molar-refractivity contribution in [1.29, 1.82) is 0 Å². The van der Waals surface area contributed by atoms with Gasteiger partial charge in [-0.1, -0.05) is 13.8 Å². The molecule has 1 fully saturated rings. The van der Waals surface area contributed by atoms with E-state index in [-0.39, 0.29) is 29.5 Å². The summed E-state index contributed by atoms with van der Waals surface area (Å²) in [5.74, 6) is -0.520. The first kappa shape index (κ1) is 22.0. The normalized spacial score (nSPS) is 16.8. The summed E-state index contributed by atoms with van der Waals surface area (Å²) in [5.41, 5.74) is 0.380. The Hall–Kier alpha value is -2.29. The van der Waals surface area contributed by atoms with Gasteiger partial charge in [-0.05, 0) is 44.0 Å². The van der Waals surface area contributed by atoms with Gasteiger partial charge in [0.05, 0.1) is 6.04 Å². The van der Waals surface area contributed by atoms with Crippen LogP contribution >= 0.6 is 0 Å². The lowest BCUT2D eigenvalue weighted by Gasteiger charge is -2.34. The lowest BCUT2D eigenvalue weighted by atomic mass is 10.0. The van der Waals surface area contributed by atoms with E-state index in [2.05, 4.69) is 15.4 Å². The molecular formula is C19H26F3N3O3. The number of amides is 2. The second-order valence-electron chi connectivity index (χ2n) is 7.20. The Morgan fingerprint density at radius 1 is 1.11 bits per heavy atom. The zero-order chi connectivity index (χ0) is 20.9. The van der Waals surface area contributed by atoms with Crippen molar-refractivity contribution in [2.45, 2.75) is 52.1 Å². The summed E-state index contributed by atoms with van der Waals surface area (Å²) in [6.07, 6.45) is -3.22. The SMILES string of the molecule is CC(C)C(=O)N1CCC(NC(C)C(=O)Nc2ccc(OC(F)(F)F)cc2)CC1. The third kappa shape index (κ3) is 6.70. The Labute approximate surface area is 162 Å². The van der Waals surface area contributed by atoms with Gasteiger partial charge in [-0.2, -0.15) is 0 Å². The monoisotopic (exact) mass is 401 g/mol. The Balaban J connectivity index is 1.79. The first-order valence-corrected chi connectivity index (χ1v) is 9.26. The molecule has 1 heterocycles. The summed E-state index contributed by atoms with van der Waals surface area (Å²) in [5, 5.41) is 5.91. The Kier molecular flexibility index (Phi) is 7.29. The van der Waals surface area contributed by atoms with E-state index in [0.717, 1.165) is 25.0 Å². The molecule has 6 nitrogen and oxygen atoms in total. The number of nitrogens with one attached hydrogen (secondary N) is 2. The topological polar surface area (TPSA) is 70.7 Å². The molecule has 2 amide bonds. The summed E-state index contributed by atoms with van der Waals surface area (Å²) >= 11 is 0. The van der Waals surface area contributed by atoms with Crippen LogP contribution in [0.5, 0.6) is 5.75 Å². The minimum atomic E-state index is -4.75. The zero-order valence-corrected chi connectivity index (χ0v) is 16.2. The maximum Gasteiger partial charge on any atom is 0.573 e. The van der Waals surface area contributed by atoms with Gasteiger partial charge in [0.15, 0.2) is 0 Å². The average molecular weight is 401 g/mol. The number of carbonyl (C=O) groups excluding carboxylic acids is 2. The van der Waals surface area contributed by atoms with Crippen LogP contribution in [0.15, 0.2) is 24.3 Å². The van der Waals surface area contributed by atoms with Gasteiger partial charge < -0.3 is 20.3 Å². The molecule has 1 aliphatic heterocycles. The van der Waals surface area contributed by atoms with Crippen molar-refractivity contribution >= 4 is 17.5 Å². The molecule has 1 aromatic rings. The number of rotatable bonds is 6. The molecule has 0 spiro atoms. The van der Waals surface area contributed by atoms with Gasteiger partial charge in [0.2, 0.25) is 11.8 Å². The van der Waals surface area contributed by atoms with Crippen molar-refractivity contribution in [3.63, 3.8) is 0 Å². The van der Waals surface area contributed by atoms with Crippen LogP contribution in [-0.4, -0.2) is 48.2 Å². The van der Waals surface area contributed by atoms with Gasteiger partial charge in [0, 0.05) is 30.7 Å². The standard InChI is InChI=1S/C19H26F3N3O3/c1-12(2)18(27)25-10-8-15(9-11-25)23-13(3)17(26)24-14-4-6-16(7-5-14)28-19(20,21)22/h4-7,12-13,15,23H,8-11H2,1-3H3,(H,24,26). The van der Waals surface area contributed by atoms with Gasteiger partial charge in [0.25, 0.3) is 0 Å². The molecule has 0 aliphatic carbocycles. The molecule has 0 bridgehead atoms. The number of alkyl halides is 3. The van der Waals surface area contributed by atoms with Crippen molar-refractivity contribution in [3.05, 3.63) is 24.3 Å². The smallest absolute Gasteiger partial charge is 0.406 e. The van der Waals surface area contributed by atoms with Crippen LogP contribution in [0.2, 0.25) is 0 Å². The van der Waals surface area contributed by atoms with Gasteiger partial charge in [-0.3, -0.25) is 9.59 Å². The van der Waals surface area contributed by atoms with Crippen LogP contribution in [0.4, 0.5) is 18.9 Å². The van der Waals surface area contributed by atoms with Crippen LogP contribution in [0.25, 0.3) is 0 Å². The first-order valence-electron chi connectivity index (χ1n) is 9.26. The molecule has 1 saturated heterocycles. The average Bonchev–Trinajstić information content (AvgIpc) is 2.62. The molecule has 1 aliphatic rings. The number of benzene rings is 1. The van der Waals surface area contributed by atoms with Gasteiger partial charge in [0.1, 0.15) is 5.75 Å². The summed E-state index contributed by atoms with van der Waals surface area (Å²) in [4.78, 5) is 26.2. The molecule has 1 aromatic carbocycles. The van der Waals surface area contributed by atoms with Crippen molar-refractivity contribution in [2.24, 2.45) is 5.92 Å². The van der Waals surface area contributed by atoms with E-state index in [9.17, 15) is 22.8 Å². The number of hydrogen-bond acceptors (Lipinski definition) is 4. The quantitative estimate of drug-likeness (QED) is 0.768. The summed E-state index contributed by atoms with van der Waals surface area (Å²) < 4.78 is 40.3. The number of ether oxygens (including phenoxy) is 1. The van der Waals surface area contributed by atoms with E-state index in [4.69, 9.17) is 0 Å². The van der Waals surface area contributed by atoms with Crippen LogP contribution in [-0.2, 0) is 9.59 Å². The molecule has 0 radical (unpaired) electrons.